The molecular formula is C47H90O6. The molecule has 0 aromatic carbocycles. The number of carbonyl (C=O) groups excluding carboxylic acids is 3. The summed E-state index contributed by atoms with van der Waals surface area (Å²) in [6.45, 7) is 6.64. The SMILES string of the molecule is CCCCCCCCCCCCCCCC(=O)OCC(COC(=O)CCCCCCCCCCCCCCC)OC(=O)CCCCCCCCCCC. The van der Waals surface area contributed by atoms with Gasteiger partial charge in [-0.2, -0.15) is 0 Å². The Bertz CT molecular complexity index is 737. The third-order valence-corrected chi connectivity index (χ3v) is 10.6. The maximum absolute atomic E-state index is 12.7. The van der Waals surface area contributed by atoms with Crippen LogP contribution < -0.4 is 0 Å². The van der Waals surface area contributed by atoms with E-state index in [1.54, 1.807) is 0 Å². The Morgan fingerprint density at radius 3 is 0.755 bits per heavy atom. The maximum Gasteiger partial charge on any atom is 0.306 e. The van der Waals surface area contributed by atoms with Gasteiger partial charge in [-0.1, -0.05) is 226 Å². The molecular weight excluding hydrogens is 661 g/mol. The van der Waals surface area contributed by atoms with Gasteiger partial charge in [0.25, 0.3) is 0 Å². The molecule has 6 nitrogen and oxygen atoms in total. The molecule has 0 aliphatic heterocycles. The first-order chi connectivity index (χ1) is 26.0. The van der Waals surface area contributed by atoms with Crippen LogP contribution in [0.4, 0.5) is 0 Å². The van der Waals surface area contributed by atoms with Crippen LogP contribution in [0.1, 0.15) is 265 Å². The summed E-state index contributed by atoms with van der Waals surface area (Å²) in [7, 11) is 0. The zero-order valence-electron chi connectivity index (χ0n) is 35.8. The highest BCUT2D eigenvalue weighted by molar-refractivity contribution is 5.71. The van der Waals surface area contributed by atoms with Gasteiger partial charge in [0.1, 0.15) is 13.2 Å². The highest BCUT2D eigenvalue weighted by Gasteiger charge is 2.19. The summed E-state index contributed by atoms with van der Waals surface area (Å²) < 4.78 is 16.7. The van der Waals surface area contributed by atoms with Crippen molar-refractivity contribution >= 4 is 17.9 Å². The van der Waals surface area contributed by atoms with Crippen LogP contribution in [0.25, 0.3) is 0 Å². The van der Waals surface area contributed by atoms with Crippen LogP contribution in [0, 0.1) is 0 Å². The molecule has 0 heterocycles. The molecule has 0 aliphatic rings. The van der Waals surface area contributed by atoms with Gasteiger partial charge in [0, 0.05) is 19.3 Å². The normalized spacial score (nSPS) is 11.3. The minimum absolute atomic E-state index is 0.0627. The molecule has 314 valence electrons. The van der Waals surface area contributed by atoms with Crippen LogP contribution in [0.2, 0.25) is 0 Å². The summed E-state index contributed by atoms with van der Waals surface area (Å²) in [5.74, 6) is -0.851. The first-order valence-corrected chi connectivity index (χ1v) is 23.5. The lowest BCUT2D eigenvalue weighted by Crippen LogP contribution is -2.30. The first-order valence-electron chi connectivity index (χ1n) is 23.5. The average molecular weight is 751 g/mol. The number of ether oxygens (including phenoxy) is 3. The predicted octanol–water partition coefficient (Wildman–Crippen LogP) is 14.9. The lowest BCUT2D eigenvalue weighted by atomic mass is 10.0. The van der Waals surface area contributed by atoms with E-state index in [0.717, 1.165) is 57.8 Å². The topological polar surface area (TPSA) is 78.9 Å². The summed E-state index contributed by atoms with van der Waals surface area (Å²) in [6, 6.07) is 0. The summed E-state index contributed by atoms with van der Waals surface area (Å²) in [6.07, 6.45) is 43.7. The molecule has 0 fully saturated rings. The maximum atomic E-state index is 12.7. The molecule has 0 N–H and O–H groups in total. The molecule has 0 aromatic rings. The smallest absolute Gasteiger partial charge is 0.306 e. The highest BCUT2D eigenvalue weighted by Crippen LogP contribution is 2.16. The number of esters is 3. The molecule has 0 rings (SSSR count). The average Bonchev–Trinajstić information content (AvgIpc) is 3.15. The van der Waals surface area contributed by atoms with Crippen molar-refractivity contribution in [3.63, 3.8) is 0 Å². The summed E-state index contributed by atoms with van der Waals surface area (Å²) in [4.78, 5) is 37.7. The van der Waals surface area contributed by atoms with Gasteiger partial charge in [0.15, 0.2) is 6.10 Å². The van der Waals surface area contributed by atoms with E-state index in [4.69, 9.17) is 14.2 Å². The van der Waals surface area contributed by atoms with Crippen molar-refractivity contribution < 1.29 is 28.6 Å². The van der Waals surface area contributed by atoms with Gasteiger partial charge in [0.2, 0.25) is 0 Å². The van der Waals surface area contributed by atoms with E-state index in [9.17, 15) is 14.4 Å². The van der Waals surface area contributed by atoms with E-state index >= 15 is 0 Å². The van der Waals surface area contributed by atoms with Crippen molar-refractivity contribution in [3.05, 3.63) is 0 Å². The lowest BCUT2D eigenvalue weighted by molar-refractivity contribution is -0.167. The number of hydrogen-bond donors (Lipinski definition) is 0. The van der Waals surface area contributed by atoms with Crippen molar-refractivity contribution in [1.29, 1.82) is 0 Å². The molecule has 0 atom stereocenters. The summed E-state index contributed by atoms with van der Waals surface area (Å²) in [5.41, 5.74) is 0. The van der Waals surface area contributed by atoms with Crippen LogP contribution >= 0.6 is 0 Å². The van der Waals surface area contributed by atoms with Crippen LogP contribution in [-0.2, 0) is 28.6 Å². The second-order valence-electron chi connectivity index (χ2n) is 16.0. The van der Waals surface area contributed by atoms with E-state index in [-0.39, 0.29) is 31.1 Å². The Morgan fingerprint density at radius 2 is 0.509 bits per heavy atom. The van der Waals surface area contributed by atoms with Gasteiger partial charge < -0.3 is 14.2 Å². The van der Waals surface area contributed by atoms with Crippen molar-refractivity contribution in [1.82, 2.24) is 0 Å². The fourth-order valence-corrected chi connectivity index (χ4v) is 7.03. The number of hydrogen-bond acceptors (Lipinski definition) is 6. The Labute approximate surface area is 329 Å². The molecule has 0 bridgehead atoms. The molecule has 0 radical (unpaired) electrons. The molecule has 0 spiro atoms. The standard InChI is InChI=1S/C47H90O6/c1-4-7-10-13-16-19-21-23-25-28-30-33-36-39-45(48)51-42-44(53-47(50)41-38-35-32-27-18-15-12-9-6-3)43-52-46(49)40-37-34-31-29-26-24-22-20-17-14-11-8-5-2/h44H,4-43H2,1-3H3. The fourth-order valence-electron chi connectivity index (χ4n) is 7.03. The van der Waals surface area contributed by atoms with Crippen molar-refractivity contribution in [2.75, 3.05) is 13.2 Å². The quantitative estimate of drug-likeness (QED) is 0.0351. The van der Waals surface area contributed by atoms with E-state index in [1.165, 1.54) is 167 Å². The van der Waals surface area contributed by atoms with Crippen LogP contribution in [0.5, 0.6) is 0 Å². The summed E-state index contributed by atoms with van der Waals surface area (Å²) in [5, 5.41) is 0. The Morgan fingerprint density at radius 1 is 0.302 bits per heavy atom. The molecule has 0 aromatic heterocycles. The second kappa shape index (κ2) is 43.1. The van der Waals surface area contributed by atoms with Crippen LogP contribution in [0.3, 0.4) is 0 Å². The first kappa shape index (κ1) is 51.4. The molecule has 0 saturated heterocycles. The minimum Gasteiger partial charge on any atom is -0.462 e. The zero-order valence-corrected chi connectivity index (χ0v) is 35.8. The van der Waals surface area contributed by atoms with E-state index in [2.05, 4.69) is 20.8 Å². The Kier molecular flexibility index (Phi) is 41.8. The molecule has 53 heavy (non-hydrogen) atoms. The van der Waals surface area contributed by atoms with Gasteiger partial charge in [-0.05, 0) is 19.3 Å². The predicted molar refractivity (Wildman–Crippen MR) is 224 cm³/mol. The third kappa shape index (κ3) is 41.4. The molecule has 0 amide bonds. The van der Waals surface area contributed by atoms with Crippen molar-refractivity contribution in [2.45, 2.75) is 271 Å². The van der Waals surface area contributed by atoms with Gasteiger partial charge in [-0.3, -0.25) is 14.4 Å². The number of rotatable bonds is 43. The molecule has 0 aliphatic carbocycles. The van der Waals surface area contributed by atoms with E-state index in [1.807, 2.05) is 0 Å². The third-order valence-electron chi connectivity index (χ3n) is 10.6. The van der Waals surface area contributed by atoms with E-state index in [0.29, 0.717) is 19.3 Å². The van der Waals surface area contributed by atoms with Crippen LogP contribution in [-0.4, -0.2) is 37.2 Å². The van der Waals surface area contributed by atoms with Gasteiger partial charge in [-0.15, -0.1) is 0 Å². The van der Waals surface area contributed by atoms with Gasteiger partial charge in [-0.25, -0.2) is 0 Å². The Hall–Kier alpha value is -1.59. The van der Waals surface area contributed by atoms with Crippen molar-refractivity contribution in [2.24, 2.45) is 0 Å². The summed E-state index contributed by atoms with van der Waals surface area (Å²) >= 11 is 0. The molecule has 6 heteroatoms. The highest BCUT2D eigenvalue weighted by atomic mass is 16.6. The molecule has 0 saturated carbocycles. The number of carbonyl (C=O) groups is 3. The van der Waals surface area contributed by atoms with Gasteiger partial charge >= 0.3 is 17.9 Å². The van der Waals surface area contributed by atoms with E-state index < -0.39 is 6.10 Å². The lowest BCUT2D eigenvalue weighted by Gasteiger charge is -2.18. The monoisotopic (exact) mass is 751 g/mol. The second-order valence-corrected chi connectivity index (χ2v) is 16.0. The van der Waals surface area contributed by atoms with Crippen LogP contribution in [0.15, 0.2) is 0 Å². The number of unbranched alkanes of at least 4 members (excludes halogenated alkanes) is 32. The minimum atomic E-state index is -0.757. The largest absolute Gasteiger partial charge is 0.462 e. The van der Waals surface area contributed by atoms with Gasteiger partial charge in [0.05, 0.1) is 0 Å². The Balaban J connectivity index is 4.28. The molecule has 0 unspecified atom stereocenters. The zero-order chi connectivity index (χ0) is 38.7. The van der Waals surface area contributed by atoms with Crippen molar-refractivity contribution in [3.8, 4) is 0 Å². The fraction of sp³-hybridized carbons (Fsp3) is 0.936.